The third-order valence-electron chi connectivity index (χ3n) is 3.92. The summed E-state index contributed by atoms with van der Waals surface area (Å²) in [6, 6.07) is 0. The molecule has 1 aliphatic rings. The number of ether oxygens (including phenoxy) is 1. The summed E-state index contributed by atoms with van der Waals surface area (Å²) in [5, 5.41) is 0. The molecule has 0 spiro atoms. The Morgan fingerprint density at radius 1 is 1.32 bits per heavy atom. The standard InChI is InChI=1S/C14H30N4O/c1-4-18(5-2)14(15)16-12-13-6-8-17(9-7-13)10-11-19-3/h13H,4-12H2,1-3H3,(H2,15,16). The van der Waals surface area contributed by atoms with Crippen LogP contribution in [-0.2, 0) is 4.74 Å². The average molecular weight is 270 g/mol. The van der Waals surface area contributed by atoms with E-state index in [1.807, 2.05) is 0 Å². The van der Waals surface area contributed by atoms with E-state index in [1.165, 1.54) is 12.8 Å². The van der Waals surface area contributed by atoms with E-state index in [0.717, 1.165) is 45.9 Å². The SMILES string of the molecule is CCN(CC)C(N)=NCC1CCN(CCOC)CC1. The Kier molecular flexibility index (Phi) is 7.82. The van der Waals surface area contributed by atoms with Gasteiger partial charge in [-0.3, -0.25) is 4.99 Å². The van der Waals surface area contributed by atoms with Gasteiger partial charge in [0, 0.05) is 33.3 Å². The predicted molar refractivity (Wildman–Crippen MR) is 80.5 cm³/mol. The Labute approximate surface area is 117 Å². The van der Waals surface area contributed by atoms with Gasteiger partial charge >= 0.3 is 0 Å². The fourth-order valence-electron chi connectivity index (χ4n) is 2.48. The van der Waals surface area contributed by atoms with Crippen LogP contribution in [0, 0.1) is 5.92 Å². The molecule has 2 N–H and O–H groups in total. The number of hydrogen-bond donors (Lipinski definition) is 1. The Balaban J connectivity index is 2.27. The number of rotatable bonds is 7. The van der Waals surface area contributed by atoms with Gasteiger partial charge in [0.1, 0.15) is 0 Å². The molecule has 0 radical (unpaired) electrons. The Bertz CT molecular complexity index is 258. The van der Waals surface area contributed by atoms with Crippen LogP contribution in [0.3, 0.4) is 0 Å². The maximum Gasteiger partial charge on any atom is 0.191 e. The minimum atomic E-state index is 0.688. The predicted octanol–water partition coefficient (Wildman–Crippen LogP) is 1.00. The normalized spacial score (nSPS) is 18.8. The van der Waals surface area contributed by atoms with Crippen molar-refractivity contribution < 1.29 is 4.74 Å². The number of methoxy groups -OCH3 is 1. The first-order chi connectivity index (χ1) is 9.21. The van der Waals surface area contributed by atoms with Gasteiger partial charge in [-0.05, 0) is 45.7 Å². The zero-order chi connectivity index (χ0) is 14.1. The highest BCUT2D eigenvalue weighted by molar-refractivity contribution is 5.77. The molecule has 1 saturated heterocycles. The molecule has 0 atom stereocenters. The largest absolute Gasteiger partial charge is 0.383 e. The second-order valence-electron chi connectivity index (χ2n) is 5.15. The Hall–Kier alpha value is -0.810. The summed E-state index contributed by atoms with van der Waals surface area (Å²) in [5.74, 6) is 1.39. The molecule has 5 nitrogen and oxygen atoms in total. The molecule has 0 saturated carbocycles. The van der Waals surface area contributed by atoms with Crippen LogP contribution in [0.15, 0.2) is 4.99 Å². The smallest absolute Gasteiger partial charge is 0.191 e. The molecule has 112 valence electrons. The highest BCUT2D eigenvalue weighted by Crippen LogP contribution is 2.17. The first-order valence-corrected chi connectivity index (χ1v) is 7.47. The molecule has 1 aliphatic heterocycles. The van der Waals surface area contributed by atoms with Gasteiger partial charge in [-0.15, -0.1) is 0 Å². The second kappa shape index (κ2) is 9.15. The van der Waals surface area contributed by atoms with Gasteiger partial charge in [-0.1, -0.05) is 0 Å². The molecule has 0 aromatic rings. The first kappa shape index (κ1) is 16.2. The summed E-state index contributed by atoms with van der Waals surface area (Å²) in [5.41, 5.74) is 6.00. The van der Waals surface area contributed by atoms with E-state index in [4.69, 9.17) is 10.5 Å². The topological polar surface area (TPSA) is 54.1 Å². The number of hydrogen-bond acceptors (Lipinski definition) is 3. The van der Waals surface area contributed by atoms with Crippen molar-refractivity contribution in [1.82, 2.24) is 9.80 Å². The summed E-state index contributed by atoms with van der Waals surface area (Å²) in [7, 11) is 1.76. The average Bonchev–Trinajstić information content (AvgIpc) is 2.45. The van der Waals surface area contributed by atoms with E-state index in [0.29, 0.717) is 11.9 Å². The van der Waals surface area contributed by atoms with Crippen LogP contribution in [-0.4, -0.2) is 68.7 Å². The second-order valence-corrected chi connectivity index (χ2v) is 5.15. The van der Waals surface area contributed by atoms with Crippen molar-refractivity contribution in [3.63, 3.8) is 0 Å². The van der Waals surface area contributed by atoms with Crippen molar-refractivity contribution in [3.8, 4) is 0 Å². The number of nitrogens with zero attached hydrogens (tertiary/aromatic N) is 3. The zero-order valence-corrected chi connectivity index (χ0v) is 12.8. The van der Waals surface area contributed by atoms with Crippen molar-refractivity contribution in [2.45, 2.75) is 26.7 Å². The van der Waals surface area contributed by atoms with Gasteiger partial charge in [0.2, 0.25) is 0 Å². The number of piperidine rings is 1. The fraction of sp³-hybridized carbons (Fsp3) is 0.929. The van der Waals surface area contributed by atoms with Gasteiger partial charge in [0.05, 0.1) is 6.61 Å². The fourth-order valence-corrected chi connectivity index (χ4v) is 2.48. The summed E-state index contributed by atoms with van der Waals surface area (Å²) in [6.45, 7) is 11.2. The van der Waals surface area contributed by atoms with Crippen LogP contribution in [0.2, 0.25) is 0 Å². The van der Waals surface area contributed by atoms with Crippen molar-refractivity contribution in [2.75, 3.05) is 53.0 Å². The number of guanidine groups is 1. The van der Waals surface area contributed by atoms with Gasteiger partial charge in [0.25, 0.3) is 0 Å². The zero-order valence-electron chi connectivity index (χ0n) is 12.8. The van der Waals surface area contributed by atoms with Crippen molar-refractivity contribution in [1.29, 1.82) is 0 Å². The molecular weight excluding hydrogens is 240 g/mol. The van der Waals surface area contributed by atoms with E-state index in [2.05, 4.69) is 28.6 Å². The maximum absolute atomic E-state index is 6.00. The lowest BCUT2D eigenvalue weighted by molar-refractivity contribution is 0.121. The molecule has 0 aromatic carbocycles. The van der Waals surface area contributed by atoms with Gasteiger partial charge in [-0.2, -0.15) is 0 Å². The van der Waals surface area contributed by atoms with Gasteiger partial charge in [-0.25, -0.2) is 0 Å². The van der Waals surface area contributed by atoms with Crippen LogP contribution in [0.5, 0.6) is 0 Å². The third kappa shape index (κ3) is 5.78. The maximum atomic E-state index is 6.00. The molecule has 1 rings (SSSR count). The van der Waals surface area contributed by atoms with Gasteiger partial charge < -0.3 is 20.3 Å². The van der Waals surface area contributed by atoms with Crippen LogP contribution >= 0.6 is 0 Å². The molecule has 0 unspecified atom stereocenters. The molecular formula is C14H30N4O. The number of aliphatic imine (C=N–C) groups is 1. The van der Waals surface area contributed by atoms with E-state index in [9.17, 15) is 0 Å². The summed E-state index contributed by atoms with van der Waals surface area (Å²) >= 11 is 0. The lowest BCUT2D eigenvalue weighted by Gasteiger charge is -2.31. The lowest BCUT2D eigenvalue weighted by atomic mass is 9.97. The number of likely N-dealkylation sites (tertiary alicyclic amines) is 1. The summed E-state index contributed by atoms with van der Waals surface area (Å²) in [6.07, 6.45) is 2.44. The Morgan fingerprint density at radius 2 is 1.95 bits per heavy atom. The van der Waals surface area contributed by atoms with Crippen molar-refractivity contribution in [3.05, 3.63) is 0 Å². The molecule has 0 aromatic heterocycles. The summed E-state index contributed by atoms with van der Waals surface area (Å²) < 4.78 is 5.12. The van der Waals surface area contributed by atoms with E-state index in [1.54, 1.807) is 7.11 Å². The van der Waals surface area contributed by atoms with Crippen LogP contribution < -0.4 is 5.73 Å². The monoisotopic (exact) mass is 270 g/mol. The minimum Gasteiger partial charge on any atom is -0.383 e. The summed E-state index contributed by atoms with van der Waals surface area (Å²) in [4.78, 5) is 9.13. The molecule has 19 heavy (non-hydrogen) atoms. The van der Waals surface area contributed by atoms with Crippen LogP contribution in [0.4, 0.5) is 0 Å². The highest BCUT2D eigenvalue weighted by Gasteiger charge is 2.18. The Morgan fingerprint density at radius 3 is 2.47 bits per heavy atom. The molecule has 1 fully saturated rings. The molecule has 1 heterocycles. The van der Waals surface area contributed by atoms with Crippen LogP contribution in [0.25, 0.3) is 0 Å². The minimum absolute atomic E-state index is 0.688. The van der Waals surface area contributed by atoms with E-state index >= 15 is 0 Å². The van der Waals surface area contributed by atoms with Gasteiger partial charge in [0.15, 0.2) is 5.96 Å². The molecule has 0 bridgehead atoms. The lowest BCUT2D eigenvalue weighted by Crippen LogP contribution is -2.39. The quantitative estimate of drug-likeness (QED) is 0.554. The molecule has 0 amide bonds. The third-order valence-corrected chi connectivity index (χ3v) is 3.92. The molecule has 0 aliphatic carbocycles. The van der Waals surface area contributed by atoms with E-state index < -0.39 is 0 Å². The van der Waals surface area contributed by atoms with Crippen LogP contribution in [0.1, 0.15) is 26.7 Å². The highest BCUT2D eigenvalue weighted by atomic mass is 16.5. The van der Waals surface area contributed by atoms with Crippen molar-refractivity contribution >= 4 is 5.96 Å². The van der Waals surface area contributed by atoms with E-state index in [-0.39, 0.29) is 0 Å². The number of nitrogens with two attached hydrogens (primary N) is 1. The van der Waals surface area contributed by atoms with Crippen molar-refractivity contribution in [2.24, 2.45) is 16.6 Å². The first-order valence-electron chi connectivity index (χ1n) is 7.47. The molecule has 5 heteroatoms.